The van der Waals surface area contributed by atoms with E-state index >= 15 is 0 Å². The summed E-state index contributed by atoms with van der Waals surface area (Å²) in [5.74, 6) is -1.23. The van der Waals surface area contributed by atoms with Crippen molar-refractivity contribution in [2.24, 2.45) is 5.73 Å². The summed E-state index contributed by atoms with van der Waals surface area (Å²) in [4.78, 5) is 33.8. The van der Waals surface area contributed by atoms with Crippen LogP contribution in [0.1, 0.15) is 45.4 Å². The van der Waals surface area contributed by atoms with E-state index in [0.717, 1.165) is 12.8 Å². The van der Waals surface area contributed by atoms with Gasteiger partial charge in [-0.05, 0) is 25.8 Å². The standard InChI is InChI=1S/C15H29FN4O4/c1-12(21)18-9-7-13(16)11-19-14(22)5-6-15(23)20(24)10-4-2-3-8-17/h13,24H,2-11,17H2,1H3,(H,18,21)(H,19,22). The third-order valence-electron chi connectivity index (χ3n) is 3.28. The van der Waals surface area contributed by atoms with Gasteiger partial charge < -0.3 is 16.4 Å². The average Bonchev–Trinajstić information content (AvgIpc) is 2.54. The van der Waals surface area contributed by atoms with E-state index in [4.69, 9.17) is 5.73 Å². The van der Waals surface area contributed by atoms with Gasteiger partial charge >= 0.3 is 0 Å². The summed E-state index contributed by atoms with van der Waals surface area (Å²) in [6.07, 6.45) is 0.872. The number of carbonyl (C=O) groups excluding carboxylic acids is 3. The first-order valence-corrected chi connectivity index (χ1v) is 8.21. The molecule has 0 aromatic carbocycles. The molecule has 0 saturated heterocycles. The predicted molar refractivity (Wildman–Crippen MR) is 86.8 cm³/mol. The zero-order chi connectivity index (χ0) is 18.4. The Hall–Kier alpha value is -1.74. The highest BCUT2D eigenvalue weighted by Gasteiger charge is 2.14. The first-order valence-electron chi connectivity index (χ1n) is 8.21. The molecule has 8 nitrogen and oxygen atoms in total. The zero-order valence-corrected chi connectivity index (χ0v) is 14.2. The Labute approximate surface area is 141 Å². The summed E-state index contributed by atoms with van der Waals surface area (Å²) in [5, 5.41) is 15.0. The summed E-state index contributed by atoms with van der Waals surface area (Å²) in [6.45, 7) is 2.15. The van der Waals surface area contributed by atoms with Crippen molar-refractivity contribution in [3.05, 3.63) is 0 Å². The molecule has 0 heterocycles. The fourth-order valence-electron chi connectivity index (χ4n) is 1.88. The Morgan fingerprint density at radius 3 is 2.50 bits per heavy atom. The number of hydrogen-bond donors (Lipinski definition) is 4. The van der Waals surface area contributed by atoms with Crippen molar-refractivity contribution >= 4 is 17.7 Å². The van der Waals surface area contributed by atoms with Crippen molar-refractivity contribution in [2.45, 2.75) is 51.6 Å². The van der Waals surface area contributed by atoms with Crippen LogP contribution in [-0.2, 0) is 14.4 Å². The normalized spacial score (nSPS) is 11.7. The molecule has 0 fully saturated rings. The van der Waals surface area contributed by atoms with Crippen molar-refractivity contribution in [1.82, 2.24) is 15.7 Å². The lowest BCUT2D eigenvalue weighted by Crippen LogP contribution is -2.34. The second kappa shape index (κ2) is 13.7. The van der Waals surface area contributed by atoms with E-state index in [-0.39, 0.29) is 44.8 Å². The lowest BCUT2D eigenvalue weighted by atomic mass is 10.2. The molecule has 0 aromatic rings. The number of hydrogen-bond acceptors (Lipinski definition) is 5. The Balaban J connectivity index is 3.76. The second-order valence-corrected chi connectivity index (χ2v) is 5.54. The zero-order valence-electron chi connectivity index (χ0n) is 14.2. The number of nitrogens with two attached hydrogens (primary N) is 1. The van der Waals surface area contributed by atoms with Gasteiger partial charge in [0.15, 0.2) is 0 Å². The molecular formula is C15H29FN4O4. The maximum Gasteiger partial charge on any atom is 0.246 e. The molecule has 1 unspecified atom stereocenters. The largest absolute Gasteiger partial charge is 0.356 e. The van der Waals surface area contributed by atoms with Gasteiger partial charge in [-0.15, -0.1) is 0 Å². The molecule has 140 valence electrons. The highest BCUT2D eigenvalue weighted by molar-refractivity contribution is 5.83. The van der Waals surface area contributed by atoms with Crippen LogP contribution >= 0.6 is 0 Å². The van der Waals surface area contributed by atoms with Crippen molar-refractivity contribution < 1.29 is 24.0 Å². The number of carbonyl (C=O) groups is 3. The molecule has 0 spiro atoms. The Morgan fingerprint density at radius 1 is 1.17 bits per heavy atom. The van der Waals surface area contributed by atoms with Gasteiger partial charge in [0.05, 0.1) is 0 Å². The van der Waals surface area contributed by atoms with Gasteiger partial charge in [-0.25, -0.2) is 9.45 Å². The first kappa shape index (κ1) is 22.3. The molecule has 0 bridgehead atoms. The average molecular weight is 348 g/mol. The predicted octanol–water partition coefficient (Wildman–Crippen LogP) is 0.0939. The highest BCUT2D eigenvalue weighted by atomic mass is 19.1. The number of nitrogens with one attached hydrogen (secondary N) is 2. The minimum absolute atomic E-state index is 0.103. The fourth-order valence-corrected chi connectivity index (χ4v) is 1.88. The first-order chi connectivity index (χ1) is 11.4. The lowest BCUT2D eigenvalue weighted by Gasteiger charge is -2.15. The Kier molecular flexibility index (Phi) is 12.7. The van der Waals surface area contributed by atoms with E-state index < -0.39 is 18.0 Å². The third-order valence-corrected chi connectivity index (χ3v) is 3.28. The van der Waals surface area contributed by atoms with Crippen molar-refractivity contribution in [3.63, 3.8) is 0 Å². The van der Waals surface area contributed by atoms with Crippen molar-refractivity contribution in [3.8, 4) is 0 Å². The van der Waals surface area contributed by atoms with Crippen molar-refractivity contribution in [1.29, 1.82) is 0 Å². The van der Waals surface area contributed by atoms with Gasteiger partial charge in [-0.1, -0.05) is 6.42 Å². The van der Waals surface area contributed by atoms with E-state index in [9.17, 15) is 24.0 Å². The fraction of sp³-hybridized carbons (Fsp3) is 0.800. The highest BCUT2D eigenvalue weighted by Crippen LogP contribution is 2.01. The molecule has 0 rings (SSSR count). The number of amides is 3. The molecule has 0 aliphatic heterocycles. The van der Waals surface area contributed by atoms with Crippen LogP contribution in [0, 0.1) is 0 Å². The summed E-state index contributed by atoms with van der Waals surface area (Å²) in [5.41, 5.74) is 5.34. The Bertz CT molecular complexity index is 396. The molecule has 3 amide bonds. The molecule has 5 N–H and O–H groups in total. The minimum atomic E-state index is -1.27. The van der Waals surface area contributed by atoms with E-state index in [0.29, 0.717) is 18.0 Å². The third kappa shape index (κ3) is 12.8. The summed E-state index contributed by atoms with van der Waals surface area (Å²) in [7, 11) is 0. The van der Waals surface area contributed by atoms with E-state index in [1.54, 1.807) is 0 Å². The van der Waals surface area contributed by atoms with Crippen LogP contribution in [0.25, 0.3) is 0 Å². The molecule has 0 saturated carbocycles. The van der Waals surface area contributed by atoms with E-state index in [1.165, 1.54) is 6.92 Å². The number of alkyl halides is 1. The van der Waals surface area contributed by atoms with Crippen LogP contribution < -0.4 is 16.4 Å². The van der Waals surface area contributed by atoms with Crippen LogP contribution in [-0.4, -0.2) is 60.3 Å². The van der Waals surface area contributed by atoms with Crippen LogP contribution in [0.2, 0.25) is 0 Å². The molecule has 1 atom stereocenters. The number of hydroxylamine groups is 2. The maximum atomic E-state index is 13.5. The van der Waals surface area contributed by atoms with E-state index in [1.807, 2.05) is 0 Å². The summed E-state index contributed by atoms with van der Waals surface area (Å²) >= 11 is 0. The van der Waals surface area contributed by atoms with Gasteiger partial charge in [0, 0.05) is 39.4 Å². The van der Waals surface area contributed by atoms with Crippen LogP contribution in [0.4, 0.5) is 4.39 Å². The minimum Gasteiger partial charge on any atom is -0.356 e. The SMILES string of the molecule is CC(=O)NCCC(F)CNC(=O)CCC(=O)N(O)CCCCCN. The van der Waals surface area contributed by atoms with Gasteiger partial charge in [0.1, 0.15) is 6.17 Å². The second-order valence-electron chi connectivity index (χ2n) is 5.54. The summed E-state index contributed by atoms with van der Waals surface area (Å²) in [6, 6.07) is 0. The maximum absolute atomic E-state index is 13.5. The van der Waals surface area contributed by atoms with Crippen molar-refractivity contribution in [2.75, 3.05) is 26.2 Å². The monoisotopic (exact) mass is 348 g/mol. The molecule has 0 aromatic heterocycles. The van der Waals surface area contributed by atoms with Gasteiger partial charge in [0.25, 0.3) is 0 Å². The quantitative estimate of drug-likeness (QED) is 0.213. The van der Waals surface area contributed by atoms with Gasteiger partial charge in [-0.2, -0.15) is 0 Å². The molecule has 24 heavy (non-hydrogen) atoms. The smallest absolute Gasteiger partial charge is 0.246 e. The molecule has 0 aliphatic rings. The number of nitrogens with zero attached hydrogens (tertiary/aromatic N) is 1. The van der Waals surface area contributed by atoms with Crippen LogP contribution in [0.5, 0.6) is 0 Å². The Morgan fingerprint density at radius 2 is 1.88 bits per heavy atom. The number of halogens is 1. The van der Waals surface area contributed by atoms with Crippen LogP contribution in [0.15, 0.2) is 0 Å². The molecule has 0 radical (unpaired) electrons. The summed E-state index contributed by atoms with van der Waals surface area (Å²) < 4.78 is 13.5. The van der Waals surface area contributed by atoms with Gasteiger partial charge in [-0.3, -0.25) is 19.6 Å². The number of unbranched alkanes of at least 4 members (excludes halogenated alkanes) is 2. The van der Waals surface area contributed by atoms with Crippen LogP contribution in [0.3, 0.4) is 0 Å². The number of rotatable bonds is 13. The molecule has 9 heteroatoms. The molecule has 0 aliphatic carbocycles. The van der Waals surface area contributed by atoms with E-state index in [2.05, 4.69) is 10.6 Å². The topological polar surface area (TPSA) is 125 Å². The lowest BCUT2D eigenvalue weighted by molar-refractivity contribution is -0.166. The van der Waals surface area contributed by atoms with Gasteiger partial charge in [0.2, 0.25) is 17.7 Å². The molecular weight excluding hydrogens is 319 g/mol.